The number of aliphatic hydroxyl groups is 1. The Morgan fingerprint density at radius 2 is 2.28 bits per heavy atom. The summed E-state index contributed by atoms with van der Waals surface area (Å²) in [4.78, 5) is 18.0. The second-order valence-corrected chi connectivity index (χ2v) is 7.66. The van der Waals surface area contributed by atoms with Gasteiger partial charge in [0.25, 0.3) is 0 Å². The number of nitrogens with zero attached hydrogens (tertiary/aromatic N) is 1. The van der Waals surface area contributed by atoms with Gasteiger partial charge < -0.3 is 20.3 Å². The summed E-state index contributed by atoms with van der Waals surface area (Å²) in [5.74, 6) is 0.231. The van der Waals surface area contributed by atoms with Gasteiger partial charge in [0, 0.05) is 42.3 Å². The van der Waals surface area contributed by atoms with E-state index in [1.807, 2.05) is 4.90 Å². The van der Waals surface area contributed by atoms with E-state index < -0.39 is 0 Å². The van der Waals surface area contributed by atoms with Crippen LogP contribution in [-0.2, 0) is 12.8 Å². The maximum atomic E-state index is 12.6. The SMILES string of the molecule is Cc1ccc2[nH]c3c(c2c1)CC(NC(=O)N1CCCC(CO)C1)CC3. The van der Waals surface area contributed by atoms with Crippen molar-refractivity contribution in [2.24, 2.45) is 5.92 Å². The van der Waals surface area contributed by atoms with Crippen molar-refractivity contribution in [1.82, 2.24) is 15.2 Å². The number of likely N-dealkylation sites (tertiary alicyclic amines) is 1. The van der Waals surface area contributed by atoms with Crippen LogP contribution in [0.1, 0.15) is 36.1 Å². The third-order valence-electron chi connectivity index (χ3n) is 5.74. The van der Waals surface area contributed by atoms with Gasteiger partial charge in [-0.05, 0) is 62.6 Å². The monoisotopic (exact) mass is 341 g/mol. The van der Waals surface area contributed by atoms with Crippen LogP contribution in [-0.4, -0.2) is 46.8 Å². The molecule has 2 unspecified atom stereocenters. The van der Waals surface area contributed by atoms with Gasteiger partial charge in [-0.25, -0.2) is 4.79 Å². The first-order chi connectivity index (χ1) is 12.1. The van der Waals surface area contributed by atoms with Crippen LogP contribution in [0.3, 0.4) is 0 Å². The van der Waals surface area contributed by atoms with Crippen molar-refractivity contribution < 1.29 is 9.90 Å². The molecule has 4 rings (SSSR count). The number of rotatable bonds is 2. The summed E-state index contributed by atoms with van der Waals surface area (Å²) in [6, 6.07) is 6.75. The molecule has 2 aromatic rings. The van der Waals surface area contributed by atoms with Crippen molar-refractivity contribution in [2.45, 2.75) is 45.1 Å². The molecule has 1 aliphatic carbocycles. The number of carbonyl (C=O) groups is 1. The van der Waals surface area contributed by atoms with Gasteiger partial charge in [0.2, 0.25) is 0 Å². The number of hydrogen-bond acceptors (Lipinski definition) is 2. The van der Waals surface area contributed by atoms with Crippen molar-refractivity contribution in [3.05, 3.63) is 35.0 Å². The Hall–Kier alpha value is -2.01. The van der Waals surface area contributed by atoms with Crippen LogP contribution >= 0.6 is 0 Å². The van der Waals surface area contributed by atoms with Crippen molar-refractivity contribution in [3.63, 3.8) is 0 Å². The molecule has 3 N–H and O–H groups in total. The van der Waals surface area contributed by atoms with Crippen molar-refractivity contribution >= 4 is 16.9 Å². The second kappa shape index (κ2) is 6.71. The van der Waals surface area contributed by atoms with Crippen LogP contribution < -0.4 is 5.32 Å². The molecule has 0 spiro atoms. The van der Waals surface area contributed by atoms with Crippen LogP contribution in [0.25, 0.3) is 10.9 Å². The normalized spacial score (nSPS) is 23.5. The molecule has 1 aromatic heterocycles. The molecule has 134 valence electrons. The number of urea groups is 1. The molecule has 2 heterocycles. The summed E-state index contributed by atoms with van der Waals surface area (Å²) in [5.41, 5.74) is 5.15. The molecule has 25 heavy (non-hydrogen) atoms. The zero-order valence-electron chi connectivity index (χ0n) is 14.8. The number of aromatic nitrogens is 1. The van der Waals surface area contributed by atoms with Gasteiger partial charge in [-0.1, -0.05) is 11.6 Å². The van der Waals surface area contributed by atoms with Crippen molar-refractivity contribution in [2.75, 3.05) is 19.7 Å². The van der Waals surface area contributed by atoms with E-state index in [0.717, 1.165) is 38.6 Å². The smallest absolute Gasteiger partial charge is 0.317 e. The van der Waals surface area contributed by atoms with E-state index in [4.69, 9.17) is 0 Å². The molecule has 1 fully saturated rings. The lowest BCUT2D eigenvalue weighted by molar-refractivity contribution is 0.127. The lowest BCUT2D eigenvalue weighted by Crippen LogP contribution is -2.50. The van der Waals surface area contributed by atoms with Crippen LogP contribution in [0.5, 0.6) is 0 Å². The molecular weight excluding hydrogens is 314 g/mol. The molecule has 0 saturated carbocycles. The Labute approximate surface area is 148 Å². The molecule has 1 saturated heterocycles. The number of hydrogen-bond donors (Lipinski definition) is 3. The van der Waals surface area contributed by atoms with Gasteiger partial charge in [0.1, 0.15) is 0 Å². The highest BCUT2D eigenvalue weighted by molar-refractivity contribution is 5.86. The average Bonchev–Trinajstić information content (AvgIpc) is 2.99. The zero-order chi connectivity index (χ0) is 17.4. The Bertz CT molecular complexity index is 783. The topological polar surface area (TPSA) is 68.4 Å². The zero-order valence-corrected chi connectivity index (χ0v) is 14.8. The number of benzene rings is 1. The maximum absolute atomic E-state index is 12.6. The highest BCUT2D eigenvalue weighted by Crippen LogP contribution is 2.30. The van der Waals surface area contributed by atoms with E-state index in [1.165, 1.54) is 27.7 Å². The van der Waals surface area contributed by atoms with Crippen LogP contribution in [0.15, 0.2) is 18.2 Å². The maximum Gasteiger partial charge on any atom is 0.317 e. The predicted molar refractivity (Wildman–Crippen MR) is 98.8 cm³/mol. The fourth-order valence-electron chi connectivity index (χ4n) is 4.32. The fourth-order valence-corrected chi connectivity index (χ4v) is 4.32. The van der Waals surface area contributed by atoms with E-state index >= 15 is 0 Å². The number of aliphatic hydroxyl groups excluding tert-OH is 1. The standard InChI is InChI=1S/C20H27N3O2/c1-13-4-6-18-16(9-13)17-10-15(5-7-19(17)22-18)21-20(25)23-8-2-3-14(11-23)12-24/h4,6,9,14-15,22,24H,2-3,5,7-8,10-12H2,1H3,(H,21,25). The Balaban J connectivity index is 1.46. The number of aromatic amines is 1. The van der Waals surface area contributed by atoms with Crippen LogP contribution in [0.2, 0.25) is 0 Å². The third-order valence-corrected chi connectivity index (χ3v) is 5.74. The highest BCUT2D eigenvalue weighted by atomic mass is 16.3. The molecule has 1 aliphatic heterocycles. The number of carbonyl (C=O) groups excluding carboxylic acids is 1. The lowest BCUT2D eigenvalue weighted by atomic mass is 9.91. The minimum Gasteiger partial charge on any atom is -0.396 e. The second-order valence-electron chi connectivity index (χ2n) is 7.66. The van der Waals surface area contributed by atoms with E-state index in [1.54, 1.807) is 0 Å². The molecule has 5 nitrogen and oxygen atoms in total. The number of H-pyrrole nitrogens is 1. The number of fused-ring (bicyclic) bond motifs is 3. The first-order valence-electron chi connectivity index (χ1n) is 9.40. The van der Waals surface area contributed by atoms with Crippen molar-refractivity contribution in [1.29, 1.82) is 0 Å². The quantitative estimate of drug-likeness (QED) is 0.786. The van der Waals surface area contributed by atoms with Gasteiger partial charge in [-0.3, -0.25) is 0 Å². The van der Waals surface area contributed by atoms with Gasteiger partial charge in [0.15, 0.2) is 0 Å². The number of nitrogens with one attached hydrogen (secondary N) is 2. The molecule has 2 aliphatic rings. The van der Waals surface area contributed by atoms with Crippen molar-refractivity contribution in [3.8, 4) is 0 Å². The largest absolute Gasteiger partial charge is 0.396 e. The summed E-state index contributed by atoms with van der Waals surface area (Å²) in [6.07, 6.45) is 4.84. The molecule has 5 heteroatoms. The van der Waals surface area contributed by atoms with Crippen LogP contribution in [0.4, 0.5) is 4.79 Å². The van der Waals surface area contributed by atoms with Gasteiger partial charge >= 0.3 is 6.03 Å². The van der Waals surface area contributed by atoms with Gasteiger partial charge in [-0.15, -0.1) is 0 Å². The molecule has 2 amide bonds. The number of amides is 2. The molecule has 2 atom stereocenters. The van der Waals surface area contributed by atoms with Gasteiger partial charge in [0.05, 0.1) is 0 Å². The summed E-state index contributed by atoms with van der Waals surface area (Å²) in [5, 5.41) is 13.9. The van der Waals surface area contributed by atoms with E-state index in [-0.39, 0.29) is 24.6 Å². The first-order valence-corrected chi connectivity index (χ1v) is 9.40. The minimum atomic E-state index is 0.0302. The predicted octanol–water partition coefficient (Wildman–Crippen LogP) is 2.75. The Morgan fingerprint density at radius 1 is 1.40 bits per heavy atom. The Morgan fingerprint density at radius 3 is 3.12 bits per heavy atom. The minimum absolute atomic E-state index is 0.0302. The molecular formula is C20H27N3O2. The molecule has 0 radical (unpaired) electrons. The summed E-state index contributed by atoms with van der Waals surface area (Å²) < 4.78 is 0. The first kappa shape index (κ1) is 16.5. The highest BCUT2D eigenvalue weighted by Gasteiger charge is 2.27. The van der Waals surface area contributed by atoms with Crippen LogP contribution in [0, 0.1) is 12.8 Å². The van der Waals surface area contributed by atoms with E-state index in [9.17, 15) is 9.90 Å². The Kier molecular flexibility index (Phi) is 4.42. The summed E-state index contributed by atoms with van der Waals surface area (Å²) >= 11 is 0. The van der Waals surface area contributed by atoms with E-state index in [0.29, 0.717) is 6.54 Å². The average molecular weight is 341 g/mol. The molecule has 0 bridgehead atoms. The lowest BCUT2D eigenvalue weighted by Gasteiger charge is -2.34. The molecule has 1 aromatic carbocycles. The van der Waals surface area contributed by atoms with Gasteiger partial charge in [-0.2, -0.15) is 0 Å². The summed E-state index contributed by atoms with van der Waals surface area (Å²) in [6.45, 7) is 3.76. The van der Waals surface area contributed by atoms with E-state index in [2.05, 4.69) is 35.4 Å². The fraction of sp³-hybridized carbons (Fsp3) is 0.550. The number of piperidine rings is 1. The third kappa shape index (κ3) is 3.25. The summed E-state index contributed by atoms with van der Waals surface area (Å²) in [7, 11) is 0. The number of aryl methyl sites for hydroxylation is 2.